The summed E-state index contributed by atoms with van der Waals surface area (Å²) in [6.45, 7) is 0.645. The molecule has 1 aromatic carbocycles. The van der Waals surface area contributed by atoms with E-state index in [9.17, 15) is 19.7 Å². The molecule has 154 valence electrons. The van der Waals surface area contributed by atoms with Gasteiger partial charge in [0.1, 0.15) is 17.7 Å². The monoisotopic (exact) mass is 412 g/mol. The van der Waals surface area contributed by atoms with Crippen molar-refractivity contribution in [2.75, 3.05) is 18.0 Å². The number of rotatable bonds is 5. The number of benzene rings is 1. The lowest BCUT2D eigenvalue weighted by Gasteiger charge is -2.30. The molecule has 0 bridgehead atoms. The summed E-state index contributed by atoms with van der Waals surface area (Å²) in [5.74, 6) is -1.23. The number of carboxylic acid groups (broad SMARTS) is 1. The summed E-state index contributed by atoms with van der Waals surface area (Å²) < 4.78 is 10.7. The number of fused-ring (bicyclic) bond motifs is 1. The average Bonchev–Trinajstić information content (AvgIpc) is 2.73. The maximum absolute atomic E-state index is 11.8. The van der Waals surface area contributed by atoms with Crippen LogP contribution in [0.1, 0.15) is 12.8 Å². The SMILES string of the molecule is O=C(O)C1CCN(c2ncnc(Oc3ccc4oc(=O)ccc4c3)c2[N+](=O)[O-])CC1. The van der Waals surface area contributed by atoms with Crippen molar-refractivity contribution < 1.29 is 24.0 Å². The Morgan fingerprint density at radius 1 is 1.23 bits per heavy atom. The molecule has 30 heavy (non-hydrogen) atoms. The van der Waals surface area contributed by atoms with Gasteiger partial charge < -0.3 is 19.2 Å². The summed E-state index contributed by atoms with van der Waals surface area (Å²) in [7, 11) is 0. The highest BCUT2D eigenvalue weighted by Gasteiger charge is 2.32. The number of carboxylic acids is 1. The molecule has 3 heterocycles. The third-order valence-corrected chi connectivity index (χ3v) is 4.90. The third kappa shape index (κ3) is 3.77. The number of anilines is 1. The fourth-order valence-electron chi connectivity index (χ4n) is 3.38. The van der Waals surface area contributed by atoms with Crippen LogP contribution in [0.3, 0.4) is 0 Å². The summed E-state index contributed by atoms with van der Waals surface area (Å²) >= 11 is 0. The molecular weight excluding hydrogens is 396 g/mol. The van der Waals surface area contributed by atoms with Crippen LogP contribution in [0.2, 0.25) is 0 Å². The number of carbonyl (C=O) groups is 1. The van der Waals surface area contributed by atoms with Gasteiger partial charge in [-0.3, -0.25) is 14.9 Å². The topological polar surface area (TPSA) is 149 Å². The first-order valence-electron chi connectivity index (χ1n) is 9.11. The van der Waals surface area contributed by atoms with Gasteiger partial charge in [0.05, 0.1) is 10.8 Å². The highest BCUT2D eigenvalue weighted by Crippen LogP contribution is 2.37. The zero-order chi connectivity index (χ0) is 21.3. The van der Waals surface area contributed by atoms with Crippen LogP contribution in [0.25, 0.3) is 11.0 Å². The van der Waals surface area contributed by atoms with Gasteiger partial charge in [-0.2, -0.15) is 4.98 Å². The molecule has 0 atom stereocenters. The first kappa shape index (κ1) is 19.3. The van der Waals surface area contributed by atoms with Crippen molar-refractivity contribution in [1.82, 2.24) is 9.97 Å². The Bertz CT molecular complexity index is 1180. The fraction of sp³-hybridized carbons (Fsp3) is 0.263. The van der Waals surface area contributed by atoms with Crippen LogP contribution in [-0.2, 0) is 4.79 Å². The summed E-state index contributed by atoms with van der Waals surface area (Å²) in [4.78, 5) is 43.2. The van der Waals surface area contributed by atoms with E-state index in [0.29, 0.717) is 36.9 Å². The van der Waals surface area contributed by atoms with E-state index in [4.69, 9.17) is 14.3 Å². The number of hydrogen-bond donors (Lipinski definition) is 1. The first-order valence-corrected chi connectivity index (χ1v) is 9.11. The molecule has 4 rings (SSSR count). The van der Waals surface area contributed by atoms with E-state index >= 15 is 0 Å². The van der Waals surface area contributed by atoms with Crippen molar-refractivity contribution in [3.63, 3.8) is 0 Å². The number of piperidine rings is 1. The quantitative estimate of drug-likeness (QED) is 0.376. The minimum Gasteiger partial charge on any atom is -0.481 e. The predicted octanol–water partition coefficient (Wildman–Crippen LogP) is 2.58. The molecule has 0 spiro atoms. The smallest absolute Gasteiger partial charge is 0.373 e. The summed E-state index contributed by atoms with van der Waals surface area (Å²) in [5.41, 5.74) is -0.529. The van der Waals surface area contributed by atoms with Crippen LogP contribution < -0.4 is 15.3 Å². The van der Waals surface area contributed by atoms with Crippen molar-refractivity contribution in [3.8, 4) is 11.6 Å². The molecule has 1 N–H and O–H groups in total. The highest BCUT2D eigenvalue weighted by molar-refractivity contribution is 5.78. The van der Waals surface area contributed by atoms with Crippen molar-refractivity contribution in [2.24, 2.45) is 5.92 Å². The minimum atomic E-state index is -0.872. The van der Waals surface area contributed by atoms with Gasteiger partial charge in [0, 0.05) is 24.5 Å². The molecule has 0 radical (unpaired) electrons. The molecule has 0 unspecified atom stereocenters. The Kier molecular flexibility index (Phi) is 5.00. The van der Waals surface area contributed by atoms with Gasteiger partial charge in [-0.05, 0) is 37.1 Å². The number of aromatic nitrogens is 2. The van der Waals surface area contributed by atoms with Gasteiger partial charge in [0.15, 0.2) is 0 Å². The molecule has 1 fully saturated rings. The second-order valence-electron chi connectivity index (χ2n) is 6.76. The van der Waals surface area contributed by atoms with Crippen molar-refractivity contribution in [1.29, 1.82) is 0 Å². The Labute approximate surface area is 168 Å². The molecule has 0 saturated carbocycles. The fourth-order valence-corrected chi connectivity index (χ4v) is 3.38. The van der Waals surface area contributed by atoms with Crippen molar-refractivity contribution >= 4 is 28.4 Å². The standard InChI is InChI=1S/C19H16N4O7/c24-15-4-1-12-9-13(2-3-14(12)30-15)29-18-16(23(27)28)17(20-10-21-18)22-7-5-11(6-8-22)19(25)26/h1-4,9-11H,5-8H2,(H,25,26). The maximum atomic E-state index is 11.8. The Morgan fingerprint density at radius 2 is 2.00 bits per heavy atom. The normalized spacial score (nSPS) is 14.6. The van der Waals surface area contributed by atoms with Gasteiger partial charge in [-0.1, -0.05) is 0 Å². The Balaban J connectivity index is 1.65. The zero-order valence-corrected chi connectivity index (χ0v) is 15.6. The molecule has 1 saturated heterocycles. The van der Waals surface area contributed by atoms with E-state index in [-0.39, 0.29) is 17.4 Å². The van der Waals surface area contributed by atoms with E-state index in [2.05, 4.69) is 9.97 Å². The van der Waals surface area contributed by atoms with Crippen LogP contribution in [0.4, 0.5) is 11.5 Å². The average molecular weight is 412 g/mol. The lowest BCUT2D eigenvalue weighted by atomic mass is 9.97. The number of nitrogens with zero attached hydrogens (tertiary/aromatic N) is 4. The van der Waals surface area contributed by atoms with E-state index in [1.54, 1.807) is 17.0 Å². The zero-order valence-electron chi connectivity index (χ0n) is 15.6. The number of aliphatic carboxylic acids is 1. The predicted molar refractivity (Wildman–Crippen MR) is 104 cm³/mol. The second-order valence-corrected chi connectivity index (χ2v) is 6.76. The van der Waals surface area contributed by atoms with Crippen molar-refractivity contribution in [3.05, 3.63) is 57.2 Å². The lowest BCUT2D eigenvalue weighted by molar-refractivity contribution is -0.385. The van der Waals surface area contributed by atoms with Gasteiger partial charge in [0.2, 0.25) is 5.82 Å². The van der Waals surface area contributed by atoms with E-state index in [0.717, 1.165) is 0 Å². The maximum Gasteiger partial charge on any atom is 0.373 e. The Hall–Kier alpha value is -4.02. The van der Waals surface area contributed by atoms with E-state index < -0.39 is 28.1 Å². The lowest BCUT2D eigenvalue weighted by Crippen LogP contribution is -2.37. The van der Waals surface area contributed by atoms with Crippen LogP contribution in [0.5, 0.6) is 11.6 Å². The van der Waals surface area contributed by atoms with E-state index in [1.165, 1.54) is 24.5 Å². The molecule has 1 aliphatic rings. The van der Waals surface area contributed by atoms with Gasteiger partial charge in [0.25, 0.3) is 0 Å². The molecule has 0 amide bonds. The largest absolute Gasteiger partial charge is 0.481 e. The van der Waals surface area contributed by atoms with Crippen molar-refractivity contribution in [2.45, 2.75) is 12.8 Å². The molecular formula is C19H16N4O7. The van der Waals surface area contributed by atoms with E-state index in [1.807, 2.05) is 0 Å². The molecule has 3 aromatic rings. The first-order chi connectivity index (χ1) is 14.4. The van der Waals surface area contributed by atoms with Gasteiger partial charge in [-0.15, -0.1) is 0 Å². The number of nitro groups is 1. The van der Waals surface area contributed by atoms with Crippen LogP contribution >= 0.6 is 0 Å². The molecule has 1 aliphatic heterocycles. The number of hydrogen-bond acceptors (Lipinski definition) is 9. The summed E-state index contributed by atoms with van der Waals surface area (Å²) in [6.07, 6.45) is 1.89. The third-order valence-electron chi connectivity index (χ3n) is 4.90. The molecule has 0 aliphatic carbocycles. The second kappa shape index (κ2) is 7.78. The molecule has 2 aromatic heterocycles. The van der Waals surface area contributed by atoms with Crippen LogP contribution in [-0.4, -0.2) is 39.1 Å². The summed E-state index contributed by atoms with van der Waals surface area (Å²) in [6, 6.07) is 7.42. The number of ether oxygens (including phenoxy) is 1. The van der Waals surface area contributed by atoms with Crippen LogP contribution in [0, 0.1) is 16.0 Å². The Morgan fingerprint density at radius 3 is 2.70 bits per heavy atom. The summed E-state index contributed by atoms with van der Waals surface area (Å²) in [5, 5.41) is 21.5. The van der Waals surface area contributed by atoms with Crippen LogP contribution in [0.15, 0.2) is 45.9 Å². The molecule has 11 nitrogen and oxygen atoms in total. The van der Waals surface area contributed by atoms with Gasteiger partial charge >= 0.3 is 23.2 Å². The minimum absolute atomic E-state index is 0.0839. The molecule has 11 heteroatoms. The highest BCUT2D eigenvalue weighted by atomic mass is 16.6. The van der Waals surface area contributed by atoms with Gasteiger partial charge in [-0.25, -0.2) is 9.78 Å².